The lowest BCUT2D eigenvalue weighted by Gasteiger charge is -2.33. The number of rotatable bonds is 23. The van der Waals surface area contributed by atoms with Gasteiger partial charge in [0.15, 0.2) is 5.96 Å². The van der Waals surface area contributed by atoms with E-state index in [1.54, 1.807) is 34.0 Å². The second-order valence-electron chi connectivity index (χ2n) is 17.3. The number of unbranched alkanes of at least 4 members (excludes halogenated alkanes) is 1. The number of carbonyl (C=O) groups is 6. The highest BCUT2D eigenvalue weighted by Crippen LogP contribution is 2.25. The third-order valence-corrected chi connectivity index (χ3v) is 10.7. The van der Waals surface area contributed by atoms with Crippen LogP contribution in [-0.2, 0) is 35.2 Å². The van der Waals surface area contributed by atoms with Crippen LogP contribution in [0.2, 0.25) is 0 Å². The smallest absolute Gasteiger partial charge is 0.326 e. The molecule has 1 saturated heterocycles. The molecule has 2 heterocycles. The van der Waals surface area contributed by atoms with E-state index in [4.69, 9.17) is 17.2 Å². The lowest BCUT2D eigenvalue weighted by atomic mass is 9.85. The minimum Gasteiger partial charge on any atom is -0.480 e. The van der Waals surface area contributed by atoms with E-state index in [1.807, 2.05) is 39.0 Å². The summed E-state index contributed by atoms with van der Waals surface area (Å²) in [5.41, 5.74) is 18.3. The van der Waals surface area contributed by atoms with E-state index in [1.165, 1.54) is 4.90 Å². The van der Waals surface area contributed by atoms with Crippen molar-refractivity contribution in [2.24, 2.45) is 33.5 Å². The number of aliphatic carboxylic acids is 1. The monoisotopic (exact) mass is 840 g/mol. The number of nitrogens with zero attached hydrogens (tertiary/aromatic N) is 2. The summed E-state index contributed by atoms with van der Waals surface area (Å²) in [6, 6.07) is -0.185. The molecule has 3 rings (SSSR count). The first kappa shape index (κ1) is 49.1. The predicted octanol–water partition coefficient (Wildman–Crippen LogP) is 0.896. The number of aromatic nitrogens is 1. The fraction of sp³-hybridized carbons (Fsp3) is 0.643. The fourth-order valence-corrected chi connectivity index (χ4v) is 7.46. The van der Waals surface area contributed by atoms with Crippen molar-refractivity contribution < 1.29 is 33.9 Å². The van der Waals surface area contributed by atoms with Gasteiger partial charge in [0.2, 0.25) is 29.5 Å². The van der Waals surface area contributed by atoms with E-state index in [9.17, 15) is 33.9 Å². The summed E-state index contributed by atoms with van der Waals surface area (Å²) in [5, 5.41) is 24.9. The number of fused-ring (bicyclic) bond motifs is 1. The molecular weight excluding hydrogens is 771 g/mol. The molecule has 0 radical (unpaired) electrons. The van der Waals surface area contributed by atoms with Crippen molar-refractivity contribution in [2.45, 2.75) is 136 Å². The molecule has 0 saturated carbocycles. The molecule has 1 fully saturated rings. The SMILES string of the molecule is CN[C@@H](CCCN=C(N)N)C(=O)N[C@@H](CCCCN)C(=O)N1CCC[C@H]1C(=O)N[C@@H](Cc1c[nH]c2ccc(C)cc12)C(=O)N[C@H](C(=O)N[C@@H](CC(C)C)C(=O)O)C(C)(C)C. The summed E-state index contributed by atoms with van der Waals surface area (Å²) < 4.78 is 0. The highest BCUT2D eigenvalue weighted by molar-refractivity contribution is 5.97. The van der Waals surface area contributed by atoms with E-state index in [2.05, 4.69) is 36.6 Å². The van der Waals surface area contributed by atoms with Crippen LogP contribution in [0.1, 0.15) is 97.1 Å². The predicted molar refractivity (Wildman–Crippen MR) is 231 cm³/mol. The maximum absolute atomic E-state index is 14.4. The third-order valence-electron chi connectivity index (χ3n) is 10.7. The van der Waals surface area contributed by atoms with Crippen LogP contribution in [0.4, 0.5) is 0 Å². The van der Waals surface area contributed by atoms with Gasteiger partial charge in [-0.05, 0) is 101 Å². The molecule has 1 aromatic carbocycles. The summed E-state index contributed by atoms with van der Waals surface area (Å²) in [6.07, 6.45) is 5.27. The number of aryl methyl sites for hydroxylation is 1. The topological polar surface area (TPSA) is 292 Å². The largest absolute Gasteiger partial charge is 0.480 e. The number of hydrogen-bond donors (Lipinski definition) is 10. The highest BCUT2D eigenvalue weighted by atomic mass is 16.4. The summed E-state index contributed by atoms with van der Waals surface area (Å²) in [7, 11) is 1.65. The Balaban J connectivity index is 1.91. The molecule has 1 aliphatic rings. The Hall–Kier alpha value is -5.23. The number of aliphatic imine (C=N–C) groups is 1. The molecule has 2 aromatic rings. The summed E-state index contributed by atoms with van der Waals surface area (Å²) in [5.74, 6) is -3.93. The van der Waals surface area contributed by atoms with Crippen LogP contribution in [0.25, 0.3) is 10.9 Å². The maximum Gasteiger partial charge on any atom is 0.326 e. The summed E-state index contributed by atoms with van der Waals surface area (Å²) >= 11 is 0. The third kappa shape index (κ3) is 14.5. The number of carbonyl (C=O) groups excluding carboxylic acids is 5. The minimum absolute atomic E-state index is 0.0221. The highest BCUT2D eigenvalue weighted by Gasteiger charge is 2.41. The van der Waals surface area contributed by atoms with E-state index in [0.717, 1.165) is 22.0 Å². The molecule has 1 aliphatic heterocycles. The lowest BCUT2D eigenvalue weighted by molar-refractivity contribution is -0.143. The first-order valence-electron chi connectivity index (χ1n) is 21.0. The number of likely N-dealkylation sites (tertiary alicyclic amines) is 1. The number of nitrogens with one attached hydrogen (secondary N) is 6. The van der Waals surface area contributed by atoms with Gasteiger partial charge in [-0.2, -0.15) is 0 Å². The molecule has 0 aliphatic carbocycles. The van der Waals surface area contributed by atoms with E-state index >= 15 is 0 Å². The number of carboxylic acids is 1. The van der Waals surface area contributed by atoms with Gasteiger partial charge in [0.05, 0.1) is 6.04 Å². The standard InChI is InChI=1S/C42H69N11O7/c1-24(2)20-32(40(59)60)51-38(57)34(42(4,5)6)52-36(55)31(22-26-23-48-28-16-15-25(3)21-27(26)28)50-37(56)33-14-11-19-53(33)39(58)30(12-8-9-17-43)49-35(54)29(46-7)13-10-18-47-41(44)45/h15-16,21,23-24,29-34,46,48H,8-14,17-20,22,43H2,1-7H3,(H,49,54)(H,50,56)(H,51,57)(H,52,55)(H,59,60)(H4,44,45,47)/t29-,30-,31-,32-,33-,34+/m0/s1. The Labute approximate surface area is 353 Å². The molecule has 6 atom stereocenters. The van der Waals surface area contributed by atoms with Gasteiger partial charge in [0.1, 0.15) is 30.2 Å². The van der Waals surface area contributed by atoms with Crippen LogP contribution in [-0.4, -0.2) is 119 Å². The molecule has 13 N–H and O–H groups in total. The molecule has 5 amide bonds. The summed E-state index contributed by atoms with van der Waals surface area (Å²) in [4.78, 5) is 90.9. The number of benzene rings is 1. The number of amides is 5. The molecule has 1 aromatic heterocycles. The number of H-pyrrole nitrogens is 1. The molecular formula is C42H69N11O7. The van der Waals surface area contributed by atoms with Gasteiger partial charge in [-0.1, -0.05) is 46.2 Å². The zero-order chi connectivity index (χ0) is 44.7. The second kappa shape index (κ2) is 23.0. The van der Waals surface area contributed by atoms with Gasteiger partial charge in [0.25, 0.3) is 0 Å². The Bertz CT molecular complexity index is 1820. The van der Waals surface area contributed by atoms with Crippen molar-refractivity contribution in [1.82, 2.24) is 36.5 Å². The van der Waals surface area contributed by atoms with E-state index < -0.39 is 71.3 Å². The van der Waals surface area contributed by atoms with Crippen molar-refractivity contribution in [1.29, 1.82) is 0 Å². The Morgan fingerprint density at radius 1 is 0.917 bits per heavy atom. The van der Waals surface area contributed by atoms with Gasteiger partial charge >= 0.3 is 5.97 Å². The van der Waals surface area contributed by atoms with Crippen LogP contribution >= 0.6 is 0 Å². The molecule has 18 heteroatoms. The average molecular weight is 840 g/mol. The Kier molecular flexibility index (Phi) is 18.8. The number of nitrogens with two attached hydrogens (primary N) is 3. The Morgan fingerprint density at radius 2 is 1.58 bits per heavy atom. The van der Waals surface area contributed by atoms with Gasteiger partial charge in [-0.25, -0.2) is 4.79 Å². The molecule has 18 nitrogen and oxygen atoms in total. The van der Waals surface area contributed by atoms with Crippen molar-refractivity contribution in [3.63, 3.8) is 0 Å². The minimum atomic E-state index is -1.20. The number of hydrogen-bond acceptors (Lipinski definition) is 9. The quantitative estimate of drug-likeness (QED) is 0.0426. The van der Waals surface area contributed by atoms with E-state index in [0.29, 0.717) is 58.0 Å². The summed E-state index contributed by atoms with van der Waals surface area (Å²) in [6.45, 7) is 11.9. The molecule has 0 spiro atoms. The van der Waals surface area contributed by atoms with Crippen molar-refractivity contribution >= 4 is 52.4 Å². The van der Waals surface area contributed by atoms with Crippen LogP contribution in [0.3, 0.4) is 0 Å². The van der Waals surface area contributed by atoms with Gasteiger partial charge in [-0.3, -0.25) is 29.0 Å². The van der Waals surface area contributed by atoms with Gasteiger partial charge in [-0.15, -0.1) is 0 Å². The molecule has 60 heavy (non-hydrogen) atoms. The first-order valence-corrected chi connectivity index (χ1v) is 21.0. The fourth-order valence-electron chi connectivity index (χ4n) is 7.46. The Morgan fingerprint density at radius 3 is 2.20 bits per heavy atom. The van der Waals surface area contributed by atoms with Crippen LogP contribution in [0.15, 0.2) is 29.4 Å². The first-order chi connectivity index (χ1) is 28.3. The lowest BCUT2D eigenvalue weighted by Crippen LogP contribution is -2.61. The molecule has 0 unspecified atom stereocenters. The maximum atomic E-state index is 14.4. The van der Waals surface area contributed by atoms with Crippen LogP contribution in [0, 0.1) is 18.3 Å². The number of guanidine groups is 1. The van der Waals surface area contributed by atoms with Crippen molar-refractivity contribution in [2.75, 3.05) is 26.7 Å². The number of likely N-dealkylation sites (N-methyl/N-ethyl adjacent to an activating group) is 1. The zero-order valence-corrected chi connectivity index (χ0v) is 36.4. The normalized spacial score (nSPS) is 16.7. The van der Waals surface area contributed by atoms with Crippen LogP contribution < -0.4 is 43.8 Å². The molecule has 334 valence electrons. The van der Waals surface area contributed by atoms with Crippen LogP contribution in [0.5, 0.6) is 0 Å². The van der Waals surface area contributed by atoms with Crippen molar-refractivity contribution in [3.8, 4) is 0 Å². The van der Waals surface area contributed by atoms with E-state index in [-0.39, 0.29) is 37.2 Å². The number of aromatic amines is 1. The zero-order valence-electron chi connectivity index (χ0n) is 36.4. The van der Waals surface area contributed by atoms with Gasteiger partial charge in [0, 0.05) is 36.6 Å². The average Bonchev–Trinajstić information content (AvgIpc) is 3.82. The number of carboxylic acid groups (broad SMARTS) is 1. The van der Waals surface area contributed by atoms with Crippen molar-refractivity contribution in [3.05, 3.63) is 35.5 Å². The second-order valence-corrected chi connectivity index (χ2v) is 17.3. The molecule has 0 bridgehead atoms. The van der Waals surface area contributed by atoms with Gasteiger partial charge < -0.3 is 58.8 Å².